The van der Waals surface area contributed by atoms with E-state index < -0.39 is 5.54 Å². The second-order valence-electron chi connectivity index (χ2n) is 4.83. The van der Waals surface area contributed by atoms with Crippen molar-refractivity contribution < 1.29 is 9.47 Å². The molecule has 0 heterocycles. The third kappa shape index (κ3) is 8.14. The molecular weight excluding hydrogens is 216 g/mol. The van der Waals surface area contributed by atoms with Crippen molar-refractivity contribution in [3.8, 4) is 6.07 Å². The molecule has 0 saturated heterocycles. The maximum Gasteiger partial charge on any atom is 0.106 e. The molecule has 0 bridgehead atoms. The van der Waals surface area contributed by atoms with E-state index >= 15 is 0 Å². The molecule has 4 heteroatoms. The first kappa shape index (κ1) is 16.4. The molecule has 100 valence electrons. The fraction of sp³-hybridized carbons (Fsp3) is 0.923. The van der Waals surface area contributed by atoms with E-state index in [-0.39, 0.29) is 6.10 Å². The van der Waals surface area contributed by atoms with Gasteiger partial charge in [-0.3, -0.25) is 5.32 Å². The number of hydrogen-bond donors (Lipinski definition) is 1. The predicted molar refractivity (Wildman–Crippen MR) is 68.8 cm³/mol. The van der Waals surface area contributed by atoms with Crippen LogP contribution in [0.1, 0.15) is 41.0 Å². The average Bonchev–Trinajstić information content (AvgIpc) is 2.25. The molecule has 0 aliphatic heterocycles. The van der Waals surface area contributed by atoms with Crippen molar-refractivity contribution in [2.75, 3.05) is 19.8 Å². The Bertz CT molecular complexity index is 238. The fourth-order valence-electron chi connectivity index (χ4n) is 1.59. The minimum absolute atomic E-state index is 0.0805. The monoisotopic (exact) mass is 242 g/mol. The molecule has 17 heavy (non-hydrogen) atoms. The molecule has 0 rings (SSSR count). The van der Waals surface area contributed by atoms with Gasteiger partial charge in [0.25, 0.3) is 0 Å². The Hall–Kier alpha value is -0.630. The van der Waals surface area contributed by atoms with Gasteiger partial charge < -0.3 is 9.47 Å². The Kier molecular flexibility index (Phi) is 8.15. The van der Waals surface area contributed by atoms with Gasteiger partial charge in [0.1, 0.15) is 5.54 Å². The van der Waals surface area contributed by atoms with Crippen LogP contribution in [0.5, 0.6) is 0 Å². The van der Waals surface area contributed by atoms with E-state index in [4.69, 9.17) is 14.7 Å². The van der Waals surface area contributed by atoms with Crippen molar-refractivity contribution in [1.82, 2.24) is 5.32 Å². The predicted octanol–water partition coefficient (Wildman–Crippen LogP) is 2.10. The van der Waals surface area contributed by atoms with Gasteiger partial charge in [-0.2, -0.15) is 5.26 Å². The van der Waals surface area contributed by atoms with Gasteiger partial charge in [-0.25, -0.2) is 0 Å². The Morgan fingerprint density at radius 1 is 1.35 bits per heavy atom. The molecule has 0 aliphatic rings. The number of rotatable bonds is 9. The zero-order valence-electron chi connectivity index (χ0n) is 11.7. The van der Waals surface area contributed by atoms with Crippen LogP contribution in [0.25, 0.3) is 0 Å². The Morgan fingerprint density at radius 3 is 2.47 bits per heavy atom. The largest absolute Gasteiger partial charge is 0.379 e. The molecule has 0 aromatic heterocycles. The first-order valence-electron chi connectivity index (χ1n) is 6.31. The van der Waals surface area contributed by atoms with Crippen molar-refractivity contribution in [3.63, 3.8) is 0 Å². The van der Waals surface area contributed by atoms with Crippen LogP contribution in [0.4, 0.5) is 0 Å². The maximum atomic E-state index is 9.15. The number of nitriles is 1. The first-order chi connectivity index (χ1) is 7.93. The van der Waals surface area contributed by atoms with Crippen LogP contribution in [0, 0.1) is 11.3 Å². The molecule has 0 fully saturated rings. The second kappa shape index (κ2) is 8.46. The Labute approximate surface area is 105 Å². The summed E-state index contributed by atoms with van der Waals surface area (Å²) in [6.45, 7) is 11.8. The van der Waals surface area contributed by atoms with E-state index in [9.17, 15) is 0 Å². The molecule has 1 N–H and O–H groups in total. The summed E-state index contributed by atoms with van der Waals surface area (Å²) in [5.41, 5.74) is -0.514. The van der Waals surface area contributed by atoms with Crippen LogP contribution in [0.15, 0.2) is 0 Å². The molecule has 0 radical (unpaired) electrons. The summed E-state index contributed by atoms with van der Waals surface area (Å²) in [5.74, 6) is 0. The summed E-state index contributed by atoms with van der Waals surface area (Å²) < 4.78 is 10.9. The highest BCUT2D eigenvalue weighted by atomic mass is 16.5. The summed E-state index contributed by atoms with van der Waals surface area (Å²) in [7, 11) is 0. The molecule has 2 unspecified atom stereocenters. The highest BCUT2D eigenvalue weighted by Gasteiger charge is 2.24. The quantitative estimate of drug-likeness (QED) is 0.672. The van der Waals surface area contributed by atoms with Crippen LogP contribution < -0.4 is 5.32 Å². The van der Waals surface area contributed by atoms with E-state index in [2.05, 4.69) is 11.4 Å². The molecule has 0 aliphatic carbocycles. The molecule has 0 spiro atoms. The van der Waals surface area contributed by atoms with Crippen LogP contribution in [0.2, 0.25) is 0 Å². The molecule has 0 aromatic rings. The molecule has 0 saturated carbocycles. The lowest BCUT2D eigenvalue weighted by Crippen LogP contribution is -2.45. The van der Waals surface area contributed by atoms with Gasteiger partial charge >= 0.3 is 0 Å². The summed E-state index contributed by atoms with van der Waals surface area (Å²) in [6, 6.07) is 2.60. The molecule has 4 nitrogen and oxygen atoms in total. The minimum atomic E-state index is -0.514. The van der Waals surface area contributed by atoms with Crippen molar-refractivity contribution in [1.29, 1.82) is 5.26 Å². The number of hydrogen-bond acceptors (Lipinski definition) is 4. The zero-order valence-corrected chi connectivity index (χ0v) is 11.7. The van der Waals surface area contributed by atoms with Crippen LogP contribution in [-0.4, -0.2) is 37.5 Å². The van der Waals surface area contributed by atoms with Gasteiger partial charge in [0.15, 0.2) is 0 Å². The smallest absolute Gasteiger partial charge is 0.106 e. The maximum absolute atomic E-state index is 9.15. The zero-order chi connectivity index (χ0) is 13.3. The normalized spacial score (nSPS) is 16.5. The lowest BCUT2D eigenvalue weighted by molar-refractivity contribution is -0.00819. The summed E-state index contributed by atoms with van der Waals surface area (Å²) >= 11 is 0. The van der Waals surface area contributed by atoms with E-state index in [1.165, 1.54) is 0 Å². The van der Waals surface area contributed by atoms with E-state index in [1.807, 2.05) is 34.6 Å². The second-order valence-corrected chi connectivity index (χ2v) is 4.83. The Morgan fingerprint density at radius 2 is 2.00 bits per heavy atom. The molecule has 2 atom stereocenters. The summed E-state index contributed by atoms with van der Waals surface area (Å²) in [6.07, 6.45) is 0.759. The molecule has 0 aromatic carbocycles. The minimum Gasteiger partial charge on any atom is -0.379 e. The van der Waals surface area contributed by atoms with E-state index in [0.29, 0.717) is 32.3 Å². The summed E-state index contributed by atoms with van der Waals surface area (Å²) in [5, 5.41) is 12.4. The van der Waals surface area contributed by atoms with Crippen molar-refractivity contribution in [2.24, 2.45) is 0 Å². The third-order valence-electron chi connectivity index (χ3n) is 2.42. The number of nitrogens with one attached hydrogen (secondary N) is 1. The highest BCUT2D eigenvalue weighted by Crippen LogP contribution is 2.10. The Balaban J connectivity index is 3.88. The highest BCUT2D eigenvalue weighted by molar-refractivity contribution is 5.04. The van der Waals surface area contributed by atoms with Crippen molar-refractivity contribution >= 4 is 0 Å². The fourth-order valence-corrected chi connectivity index (χ4v) is 1.59. The summed E-state index contributed by atoms with van der Waals surface area (Å²) in [4.78, 5) is 0. The van der Waals surface area contributed by atoms with E-state index in [0.717, 1.165) is 0 Å². The first-order valence-corrected chi connectivity index (χ1v) is 6.31. The third-order valence-corrected chi connectivity index (χ3v) is 2.42. The standard InChI is InChI=1S/C13H26N2O2/c1-6-16-9-12(4)17-8-7-13(5,10-14)15-11(2)3/h11-12,15H,6-9H2,1-5H3. The van der Waals surface area contributed by atoms with Crippen LogP contribution in [-0.2, 0) is 9.47 Å². The number of nitrogens with zero attached hydrogens (tertiary/aromatic N) is 1. The molecular formula is C13H26N2O2. The lowest BCUT2D eigenvalue weighted by atomic mass is 9.99. The van der Waals surface area contributed by atoms with Gasteiger partial charge in [-0.05, 0) is 34.6 Å². The lowest BCUT2D eigenvalue weighted by Gasteiger charge is -2.26. The number of ether oxygens (including phenoxy) is 2. The SMILES string of the molecule is CCOCC(C)OCCC(C)(C#N)NC(C)C. The van der Waals surface area contributed by atoms with Crippen molar-refractivity contribution in [2.45, 2.75) is 58.7 Å². The van der Waals surface area contributed by atoms with Gasteiger partial charge in [0.05, 0.1) is 18.8 Å². The van der Waals surface area contributed by atoms with Crippen LogP contribution in [0.3, 0.4) is 0 Å². The van der Waals surface area contributed by atoms with Gasteiger partial charge in [0, 0.05) is 25.7 Å². The topological polar surface area (TPSA) is 54.3 Å². The average molecular weight is 242 g/mol. The van der Waals surface area contributed by atoms with Gasteiger partial charge in [-0.1, -0.05) is 0 Å². The van der Waals surface area contributed by atoms with Gasteiger partial charge in [-0.15, -0.1) is 0 Å². The molecule has 0 amide bonds. The van der Waals surface area contributed by atoms with Crippen LogP contribution >= 0.6 is 0 Å². The van der Waals surface area contributed by atoms with E-state index in [1.54, 1.807) is 0 Å². The van der Waals surface area contributed by atoms with Crippen molar-refractivity contribution in [3.05, 3.63) is 0 Å². The van der Waals surface area contributed by atoms with Gasteiger partial charge in [0.2, 0.25) is 0 Å².